The van der Waals surface area contributed by atoms with E-state index < -0.39 is 0 Å². The van der Waals surface area contributed by atoms with Crippen LogP contribution < -0.4 is 0 Å². The van der Waals surface area contributed by atoms with Crippen LogP contribution in [0.4, 0.5) is 0 Å². The number of rotatable bonds is 4. The average molecular weight is 309 g/mol. The molecule has 1 aromatic rings. The van der Waals surface area contributed by atoms with E-state index in [0.717, 1.165) is 43.1 Å². The van der Waals surface area contributed by atoms with Gasteiger partial charge in [-0.05, 0) is 43.7 Å². The number of benzene rings is 1. The number of halogens is 1. The van der Waals surface area contributed by atoms with Gasteiger partial charge in [-0.25, -0.2) is 0 Å². The second-order valence-electron chi connectivity index (χ2n) is 6.06. The summed E-state index contributed by atoms with van der Waals surface area (Å²) >= 11 is 6.19. The van der Waals surface area contributed by atoms with Crippen LogP contribution in [0.15, 0.2) is 24.3 Å². The molecular formula is C17H21ClO3. The Morgan fingerprint density at radius 2 is 2.05 bits per heavy atom. The standard InChI is InChI=1S/C17H21ClO3/c1-11(12-6-8-20-9-7-12)21-17(19)15-10-14(15)13-4-2-3-5-16(13)18/h2-5,11-12,14-15H,6-10H2,1H3. The molecule has 1 saturated heterocycles. The van der Waals surface area contributed by atoms with Crippen LogP contribution in [0.1, 0.15) is 37.7 Å². The molecule has 2 aliphatic rings. The van der Waals surface area contributed by atoms with Gasteiger partial charge in [-0.15, -0.1) is 0 Å². The SMILES string of the molecule is CC(OC(=O)C1CC1c1ccccc1Cl)C1CCOCC1. The molecule has 1 saturated carbocycles. The first-order valence-electron chi connectivity index (χ1n) is 7.69. The van der Waals surface area contributed by atoms with Gasteiger partial charge in [0.05, 0.1) is 5.92 Å². The summed E-state index contributed by atoms with van der Waals surface area (Å²) in [5.41, 5.74) is 1.07. The molecular weight excluding hydrogens is 288 g/mol. The zero-order valence-electron chi connectivity index (χ0n) is 12.3. The Hall–Kier alpha value is -1.06. The smallest absolute Gasteiger partial charge is 0.309 e. The summed E-state index contributed by atoms with van der Waals surface area (Å²) in [4.78, 5) is 12.3. The topological polar surface area (TPSA) is 35.5 Å². The molecule has 0 radical (unpaired) electrons. The number of carbonyl (C=O) groups is 1. The van der Waals surface area contributed by atoms with Crippen molar-refractivity contribution in [3.8, 4) is 0 Å². The first-order chi connectivity index (χ1) is 10.2. The molecule has 3 atom stereocenters. The van der Waals surface area contributed by atoms with Crippen molar-refractivity contribution in [2.24, 2.45) is 11.8 Å². The van der Waals surface area contributed by atoms with Gasteiger partial charge in [-0.2, -0.15) is 0 Å². The second kappa shape index (κ2) is 6.37. The molecule has 0 N–H and O–H groups in total. The van der Waals surface area contributed by atoms with E-state index in [1.54, 1.807) is 0 Å². The van der Waals surface area contributed by atoms with Crippen LogP contribution in [-0.4, -0.2) is 25.3 Å². The quantitative estimate of drug-likeness (QED) is 0.794. The third-order valence-corrected chi connectivity index (χ3v) is 4.97. The minimum absolute atomic E-state index is 0.0195. The minimum atomic E-state index is -0.0705. The summed E-state index contributed by atoms with van der Waals surface area (Å²) in [5.74, 6) is 0.569. The summed E-state index contributed by atoms with van der Waals surface area (Å²) in [5, 5.41) is 0.746. The molecule has 4 heteroatoms. The Labute approximate surface area is 130 Å². The van der Waals surface area contributed by atoms with Crippen molar-refractivity contribution in [3.63, 3.8) is 0 Å². The molecule has 3 rings (SSSR count). The number of hydrogen-bond donors (Lipinski definition) is 0. The van der Waals surface area contributed by atoms with Crippen molar-refractivity contribution in [1.82, 2.24) is 0 Å². The van der Waals surface area contributed by atoms with E-state index >= 15 is 0 Å². The lowest BCUT2D eigenvalue weighted by Gasteiger charge is -2.27. The van der Waals surface area contributed by atoms with Gasteiger partial charge in [0.25, 0.3) is 0 Å². The molecule has 1 aromatic carbocycles. The lowest BCUT2D eigenvalue weighted by molar-refractivity contribution is -0.154. The largest absolute Gasteiger partial charge is 0.462 e. The van der Waals surface area contributed by atoms with Crippen LogP contribution >= 0.6 is 11.6 Å². The highest BCUT2D eigenvalue weighted by Gasteiger charge is 2.46. The average Bonchev–Trinajstić information content (AvgIpc) is 3.29. The third kappa shape index (κ3) is 3.41. The highest BCUT2D eigenvalue weighted by atomic mass is 35.5. The lowest BCUT2D eigenvalue weighted by Crippen LogP contribution is -2.29. The van der Waals surface area contributed by atoms with Gasteiger partial charge in [0.1, 0.15) is 6.10 Å². The molecule has 1 heterocycles. The van der Waals surface area contributed by atoms with Gasteiger partial charge in [-0.1, -0.05) is 29.8 Å². The van der Waals surface area contributed by atoms with Gasteiger partial charge in [0.2, 0.25) is 0 Å². The van der Waals surface area contributed by atoms with Crippen molar-refractivity contribution < 1.29 is 14.3 Å². The van der Waals surface area contributed by atoms with Gasteiger partial charge in [0, 0.05) is 24.2 Å². The maximum absolute atomic E-state index is 12.3. The third-order valence-electron chi connectivity index (χ3n) is 4.63. The van der Waals surface area contributed by atoms with Crippen molar-refractivity contribution in [1.29, 1.82) is 0 Å². The fourth-order valence-electron chi connectivity index (χ4n) is 3.13. The summed E-state index contributed by atoms with van der Waals surface area (Å²) in [6.45, 7) is 3.55. The number of esters is 1. The molecule has 3 nitrogen and oxygen atoms in total. The van der Waals surface area contributed by atoms with E-state index in [-0.39, 0.29) is 23.9 Å². The zero-order valence-corrected chi connectivity index (χ0v) is 13.0. The summed E-state index contributed by atoms with van der Waals surface area (Å²) in [6.07, 6.45) is 2.79. The first-order valence-corrected chi connectivity index (χ1v) is 8.07. The van der Waals surface area contributed by atoms with E-state index in [1.165, 1.54) is 0 Å². The van der Waals surface area contributed by atoms with Crippen LogP contribution in [0.25, 0.3) is 0 Å². The molecule has 114 valence electrons. The molecule has 2 fully saturated rings. The second-order valence-corrected chi connectivity index (χ2v) is 6.47. The number of hydrogen-bond acceptors (Lipinski definition) is 3. The van der Waals surface area contributed by atoms with Crippen molar-refractivity contribution in [2.45, 2.75) is 38.2 Å². The molecule has 0 amide bonds. The molecule has 1 aliphatic carbocycles. The van der Waals surface area contributed by atoms with Crippen LogP contribution in [0.5, 0.6) is 0 Å². The van der Waals surface area contributed by atoms with Crippen LogP contribution in [0.2, 0.25) is 5.02 Å². The summed E-state index contributed by atoms with van der Waals surface area (Å²) < 4.78 is 11.0. The molecule has 3 unspecified atom stereocenters. The zero-order chi connectivity index (χ0) is 14.8. The highest BCUT2D eigenvalue weighted by Crippen LogP contribution is 2.50. The molecule has 0 aromatic heterocycles. The Bertz CT molecular complexity index is 511. The van der Waals surface area contributed by atoms with E-state index in [9.17, 15) is 4.79 Å². The van der Waals surface area contributed by atoms with E-state index in [1.807, 2.05) is 31.2 Å². The van der Waals surface area contributed by atoms with E-state index in [0.29, 0.717) is 5.92 Å². The van der Waals surface area contributed by atoms with Crippen molar-refractivity contribution in [3.05, 3.63) is 34.9 Å². The molecule has 0 spiro atoms. The molecule has 0 bridgehead atoms. The number of carbonyl (C=O) groups excluding carboxylic acids is 1. The predicted molar refractivity (Wildman–Crippen MR) is 81.4 cm³/mol. The van der Waals surface area contributed by atoms with Crippen molar-refractivity contribution >= 4 is 17.6 Å². The fraction of sp³-hybridized carbons (Fsp3) is 0.588. The van der Waals surface area contributed by atoms with E-state index in [4.69, 9.17) is 21.1 Å². The minimum Gasteiger partial charge on any atom is -0.462 e. The number of ether oxygens (including phenoxy) is 2. The Morgan fingerprint density at radius 3 is 2.76 bits per heavy atom. The van der Waals surface area contributed by atoms with Gasteiger partial charge < -0.3 is 9.47 Å². The van der Waals surface area contributed by atoms with Crippen LogP contribution in [0, 0.1) is 11.8 Å². The molecule has 1 aliphatic heterocycles. The highest BCUT2D eigenvalue weighted by molar-refractivity contribution is 6.31. The van der Waals surface area contributed by atoms with Crippen LogP contribution in [-0.2, 0) is 14.3 Å². The lowest BCUT2D eigenvalue weighted by atomic mass is 9.95. The maximum atomic E-state index is 12.3. The normalized spacial score (nSPS) is 27.1. The monoisotopic (exact) mass is 308 g/mol. The van der Waals surface area contributed by atoms with Gasteiger partial charge in [-0.3, -0.25) is 4.79 Å². The van der Waals surface area contributed by atoms with E-state index in [2.05, 4.69) is 0 Å². The van der Waals surface area contributed by atoms with Crippen molar-refractivity contribution in [2.75, 3.05) is 13.2 Å². The Balaban J connectivity index is 1.54. The van der Waals surface area contributed by atoms with Crippen LogP contribution in [0.3, 0.4) is 0 Å². The maximum Gasteiger partial charge on any atom is 0.309 e. The van der Waals surface area contributed by atoms with Gasteiger partial charge in [0.15, 0.2) is 0 Å². The van der Waals surface area contributed by atoms with Gasteiger partial charge >= 0.3 is 5.97 Å². The molecule has 21 heavy (non-hydrogen) atoms. The Morgan fingerprint density at radius 1 is 1.33 bits per heavy atom. The summed E-state index contributed by atoms with van der Waals surface area (Å²) in [7, 11) is 0. The fourth-order valence-corrected chi connectivity index (χ4v) is 3.40. The first kappa shape index (κ1) is 14.9. The summed E-state index contributed by atoms with van der Waals surface area (Å²) in [6, 6.07) is 7.76. The Kier molecular flexibility index (Phi) is 4.51. The predicted octanol–water partition coefficient (Wildman–Crippen LogP) is 3.80.